The molecule has 4 heterocycles. The van der Waals surface area contributed by atoms with Gasteiger partial charge in [-0.3, -0.25) is 9.69 Å². The predicted octanol–water partition coefficient (Wildman–Crippen LogP) is 4.33. The summed E-state index contributed by atoms with van der Waals surface area (Å²) in [5.41, 5.74) is 5.67. The van der Waals surface area contributed by atoms with Crippen LogP contribution in [0.15, 0.2) is 53.3 Å². The number of aromatic nitrogens is 5. The van der Waals surface area contributed by atoms with Crippen molar-refractivity contribution in [1.29, 1.82) is 0 Å². The van der Waals surface area contributed by atoms with Crippen LogP contribution in [0.1, 0.15) is 53.4 Å². The van der Waals surface area contributed by atoms with Gasteiger partial charge < -0.3 is 9.72 Å². The first-order chi connectivity index (χ1) is 18.5. The van der Waals surface area contributed by atoms with E-state index in [0.29, 0.717) is 31.0 Å². The highest BCUT2D eigenvalue weighted by Crippen LogP contribution is 2.32. The maximum Gasteiger partial charge on any atom is 0.253 e. The third kappa shape index (κ3) is 4.79. The van der Waals surface area contributed by atoms with Gasteiger partial charge in [-0.15, -0.1) is 5.10 Å². The van der Waals surface area contributed by atoms with Gasteiger partial charge in [0.05, 0.1) is 18.2 Å². The molecule has 2 aliphatic rings. The number of aryl methyl sites for hydroxylation is 2. The first-order valence-corrected chi connectivity index (χ1v) is 13.2. The average Bonchev–Trinajstić information content (AvgIpc) is 3.59. The Bertz CT molecular complexity index is 1550. The highest BCUT2D eigenvalue weighted by atomic mass is 19.1. The molecule has 4 aromatic rings. The van der Waals surface area contributed by atoms with Crippen LogP contribution in [-0.4, -0.2) is 55.9 Å². The molecule has 0 spiro atoms. The molecule has 8 nitrogen and oxygen atoms in total. The molecule has 6 rings (SSSR count). The highest BCUT2D eigenvalue weighted by molar-refractivity contribution is 5.83. The molecule has 0 unspecified atom stereocenters. The number of pyridine rings is 1. The molecule has 2 aromatic heterocycles. The van der Waals surface area contributed by atoms with E-state index >= 15 is 0 Å². The van der Waals surface area contributed by atoms with Crippen molar-refractivity contribution in [1.82, 2.24) is 30.1 Å². The Labute approximate surface area is 220 Å². The molecule has 1 saturated heterocycles. The van der Waals surface area contributed by atoms with Gasteiger partial charge in [-0.1, -0.05) is 29.8 Å². The second kappa shape index (κ2) is 10.2. The van der Waals surface area contributed by atoms with Crippen LogP contribution in [0, 0.1) is 19.7 Å². The molecular weight excluding hydrogens is 483 g/mol. The Balaban J connectivity index is 1.41. The van der Waals surface area contributed by atoms with E-state index in [9.17, 15) is 9.18 Å². The molecule has 38 heavy (non-hydrogen) atoms. The van der Waals surface area contributed by atoms with Gasteiger partial charge in [0.15, 0.2) is 5.82 Å². The van der Waals surface area contributed by atoms with Gasteiger partial charge in [0, 0.05) is 25.3 Å². The van der Waals surface area contributed by atoms with Gasteiger partial charge in [-0.2, -0.15) is 0 Å². The van der Waals surface area contributed by atoms with Crippen LogP contribution >= 0.6 is 0 Å². The number of rotatable bonds is 6. The van der Waals surface area contributed by atoms with Gasteiger partial charge >= 0.3 is 0 Å². The van der Waals surface area contributed by atoms with Gasteiger partial charge in [0.25, 0.3) is 5.56 Å². The second-order valence-electron chi connectivity index (χ2n) is 10.3. The van der Waals surface area contributed by atoms with Gasteiger partial charge in [0.1, 0.15) is 11.9 Å². The zero-order valence-electron chi connectivity index (χ0n) is 21.7. The van der Waals surface area contributed by atoms with Crippen LogP contribution in [0.5, 0.6) is 0 Å². The zero-order chi connectivity index (χ0) is 26.2. The van der Waals surface area contributed by atoms with Crippen molar-refractivity contribution in [2.75, 3.05) is 19.7 Å². The van der Waals surface area contributed by atoms with Crippen LogP contribution in [0.4, 0.5) is 4.39 Å². The fraction of sp³-hybridized carbons (Fsp3) is 0.379. The maximum absolute atomic E-state index is 13.6. The van der Waals surface area contributed by atoms with Crippen LogP contribution in [0.3, 0.4) is 0 Å². The molecule has 0 bridgehead atoms. The van der Waals surface area contributed by atoms with Crippen molar-refractivity contribution >= 4 is 16.5 Å². The van der Waals surface area contributed by atoms with Crippen LogP contribution in [-0.2, 0) is 11.3 Å². The van der Waals surface area contributed by atoms with Crippen molar-refractivity contribution < 1.29 is 9.13 Å². The topological polar surface area (TPSA) is 88.9 Å². The van der Waals surface area contributed by atoms with Crippen molar-refractivity contribution in [2.24, 2.45) is 0 Å². The van der Waals surface area contributed by atoms with Gasteiger partial charge in [0.2, 0.25) is 0 Å². The van der Waals surface area contributed by atoms with Crippen LogP contribution < -0.4 is 5.56 Å². The summed E-state index contributed by atoms with van der Waals surface area (Å²) in [6.45, 7) is 6.67. The summed E-state index contributed by atoms with van der Waals surface area (Å²) in [5.74, 6) is 0.388. The van der Waals surface area contributed by atoms with Crippen LogP contribution in [0.2, 0.25) is 0 Å². The SMILES string of the molecule is Cc1cc(C)c2[nH]c(=O)c([C@H](c3nnnn3C[C@H]3CCCO3)N3CC=C(c4ccc(F)cc4)CC3)cc2c1. The number of hydrogen-bond acceptors (Lipinski definition) is 6. The molecular formula is C29H31FN6O2. The largest absolute Gasteiger partial charge is 0.376 e. The molecule has 1 N–H and O–H groups in total. The summed E-state index contributed by atoms with van der Waals surface area (Å²) in [6, 6.07) is 12.3. The van der Waals surface area contributed by atoms with Crippen molar-refractivity contribution in [2.45, 2.75) is 51.8 Å². The van der Waals surface area contributed by atoms with E-state index in [1.807, 2.05) is 25.1 Å². The number of nitrogens with one attached hydrogen (secondary N) is 1. The fourth-order valence-electron chi connectivity index (χ4n) is 5.77. The normalized spacial score (nSPS) is 19.1. The summed E-state index contributed by atoms with van der Waals surface area (Å²) in [7, 11) is 0. The highest BCUT2D eigenvalue weighted by Gasteiger charge is 2.32. The zero-order valence-corrected chi connectivity index (χ0v) is 21.7. The molecule has 0 saturated carbocycles. The van der Waals surface area contributed by atoms with E-state index in [1.54, 1.807) is 4.68 Å². The molecule has 1 fully saturated rings. The lowest BCUT2D eigenvalue weighted by atomic mass is 9.96. The quantitative estimate of drug-likeness (QED) is 0.412. The van der Waals surface area contributed by atoms with Crippen molar-refractivity contribution in [3.05, 3.63) is 92.8 Å². The van der Waals surface area contributed by atoms with E-state index in [2.05, 4.69) is 50.5 Å². The number of ether oxygens (including phenoxy) is 1. The van der Waals surface area contributed by atoms with Gasteiger partial charge in [-0.25, -0.2) is 9.07 Å². The van der Waals surface area contributed by atoms with Crippen molar-refractivity contribution in [3.63, 3.8) is 0 Å². The first-order valence-electron chi connectivity index (χ1n) is 13.2. The molecule has 2 atom stereocenters. The molecule has 2 aromatic carbocycles. The number of benzene rings is 2. The number of aromatic amines is 1. The Morgan fingerprint density at radius 2 is 2.03 bits per heavy atom. The molecule has 9 heteroatoms. The minimum atomic E-state index is -0.439. The Hall–Kier alpha value is -3.69. The third-order valence-corrected chi connectivity index (χ3v) is 7.64. The molecule has 2 aliphatic heterocycles. The average molecular weight is 515 g/mol. The second-order valence-corrected chi connectivity index (χ2v) is 10.3. The Morgan fingerprint density at radius 1 is 1.18 bits per heavy atom. The van der Waals surface area contributed by atoms with Crippen molar-refractivity contribution in [3.8, 4) is 0 Å². The molecule has 196 valence electrons. The lowest BCUT2D eigenvalue weighted by molar-refractivity contribution is 0.0910. The number of H-pyrrole nitrogens is 1. The smallest absolute Gasteiger partial charge is 0.253 e. The number of hydrogen-bond donors (Lipinski definition) is 1. The minimum absolute atomic E-state index is 0.0596. The third-order valence-electron chi connectivity index (χ3n) is 7.64. The minimum Gasteiger partial charge on any atom is -0.376 e. The van der Waals surface area contributed by atoms with E-state index in [0.717, 1.165) is 59.0 Å². The summed E-state index contributed by atoms with van der Waals surface area (Å²) >= 11 is 0. The number of fused-ring (bicyclic) bond motifs is 1. The molecule has 0 radical (unpaired) electrons. The predicted molar refractivity (Wildman–Crippen MR) is 143 cm³/mol. The molecule has 0 aliphatic carbocycles. The van der Waals surface area contributed by atoms with Crippen LogP contribution in [0.25, 0.3) is 16.5 Å². The van der Waals surface area contributed by atoms with E-state index in [1.165, 1.54) is 12.1 Å². The lowest BCUT2D eigenvalue weighted by Crippen LogP contribution is -2.38. The number of tetrazole rings is 1. The number of nitrogens with zero attached hydrogens (tertiary/aromatic N) is 5. The van der Waals surface area contributed by atoms with E-state index in [-0.39, 0.29) is 17.5 Å². The van der Waals surface area contributed by atoms with E-state index < -0.39 is 6.04 Å². The Kier molecular flexibility index (Phi) is 6.63. The lowest BCUT2D eigenvalue weighted by Gasteiger charge is -2.33. The summed E-state index contributed by atoms with van der Waals surface area (Å²) in [4.78, 5) is 19.0. The monoisotopic (exact) mass is 514 g/mol. The summed E-state index contributed by atoms with van der Waals surface area (Å²) < 4.78 is 21.1. The Morgan fingerprint density at radius 3 is 2.76 bits per heavy atom. The number of halogens is 1. The first kappa shape index (κ1) is 24.6. The summed E-state index contributed by atoms with van der Waals surface area (Å²) in [5, 5.41) is 13.7. The fourth-order valence-corrected chi connectivity index (χ4v) is 5.77. The maximum atomic E-state index is 13.6. The standard InChI is InChI=1S/C29H31FN6O2/c1-18-14-19(2)26-22(15-18)16-25(29(37)31-26)27(28-32-33-34-36(28)17-24-4-3-13-38-24)35-11-9-21(10-12-35)20-5-7-23(30)8-6-20/h5-9,14-16,24,27H,3-4,10-13,17H2,1-2H3,(H,31,37)/t24-,27-/m1/s1. The molecule has 0 amide bonds. The summed E-state index contributed by atoms with van der Waals surface area (Å²) in [6.07, 6.45) is 4.97. The van der Waals surface area contributed by atoms with E-state index in [4.69, 9.17) is 4.74 Å². The van der Waals surface area contributed by atoms with Gasteiger partial charge in [-0.05, 0) is 89.9 Å².